The van der Waals surface area contributed by atoms with Gasteiger partial charge in [-0.1, -0.05) is 0 Å². The fraction of sp³-hybridized carbons (Fsp3) is 0.667. The van der Waals surface area contributed by atoms with Gasteiger partial charge in [-0.25, -0.2) is 4.98 Å². The highest BCUT2D eigenvalue weighted by Crippen LogP contribution is 2.23. The molecule has 0 aliphatic carbocycles. The highest BCUT2D eigenvalue weighted by atomic mass is 79.9. The Morgan fingerprint density at radius 1 is 1.37 bits per heavy atom. The maximum atomic E-state index is 5.61. The molecular formula is C12H20BrN5O. The van der Waals surface area contributed by atoms with E-state index in [1.807, 2.05) is 0 Å². The first-order chi connectivity index (χ1) is 9.24. The van der Waals surface area contributed by atoms with Gasteiger partial charge in [-0.15, -0.1) is 0 Å². The van der Waals surface area contributed by atoms with Crippen LogP contribution >= 0.6 is 15.9 Å². The molecule has 6 nitrogen and oxygen atoms in total. The maximum absolute atomic E-state index is 5.61. The minimum atomic E-state index is 0.577. The Balaban J connectivity index is 2.05. The van der Waals surface area contributed by atoms with E-state index in [0.717, 1.165) is 49.6 Å². The van der Waals surface area contributed by atoms with Crippen LogP contribution in [0.3, 0.4) is 0 Å². The first-order valence-corrected chi connectivity index (χ1v) is 7.28. The molecule has 1 aromatic heterocycles. The van der Waals surface area contributed by atoms with Crippen LogP contribution in [0.1, 0.15) is 6.42 Å². The number of rotatable bonds is 4. The number of anilines is 1. The van der Waals surface area contributed by atoms with Crippen molar-refractivity contribution in [3.05, 3.63) is 10.7 Å². The number of methoxy groups -OCH3 is 1. The second kappa shape index (κ2) is 7.02. The van der Waals surface area contributed by atoms with Gasteiger partial charge in [0.05, 0.1) is 17.8 Å². The van der Waals surface area contributed by atoms with Crippen molar-refractivity contribution in [3.8, 4) is 5.88 Å². The number of nitrogens with two attached hydrogens (primary N) is 1. The Morgan fingerprint density at radius 2 is 2.21 bits per heavy atom. The molecule has 0 radical (unpaired) electrons. The normalized spacial score (nSPS) is 17.3. The maximum Gasteiger partial charge on any atom is 0.232 e. The summed E-state index contributed by atoms with van der Waals surface area (Å²) in [7, 11) is 1.61. The molecular weight excluding hydrogens is 310 g/mol. The van der Waals surface area contributed by atoms with Crippen molar-refractivity contribution in [2.45, 2.75) is 6.42 Å². The largest absolute Gasteiger partial charge is 0.480 e. The molecule has 19 heavy (non-hydrogen) atoms. The van der Waals surface area contributed by atoms with E-state index in [1.165, 1.54) is 0 Å². The van der Waals surface area contributed by atoms with Gasteiger partial charge in [0.1, 0.15) is 0 Å². The Labute approximate surface area is 122 Å². The second-order valence-corrected chi connectivity index (χ2v) is 5.35. The molecule has 1 aliphatic rings. The zero-order valence-electron chi connectivity index (χ0n) is 11.2. The molecule has 1 aromatic rings. The average molecular weight is 330 g/mol. The van der Waals surface area contributed by atoms with Crippen LogP contribution in [0, 0.1) is 0 Å². The van der Waals surface area contributed by atoms with Gasteiger partial charge < -0.3 is 20.3 Å². The number of hydrogen-bond donors (Lipinski definition) is 1. The van der Waals surface area contributed by atoms with Gasteiger partial charge in [0, 0.05) is 32.7 Å². The lowest BCUT2D eigenvalue weighted by Crippen LogP contribution is -2.34. The number of hydrogen-bond acceptors (Lipinski definition) is 6. The van der Waals surface area contributed by atoms with Gasteiger partial charge >= 0.3 is 0 Å². The predicted octanol–water partition coefficient (Wildman–Crippen LogP) is 0.719. The third kappa shape index (κ3) is 3.77. The summed E-state index contributed by atoms with van der Waals surface area (Å²) in [6.45, 7) is 5.64. The first kappa shape index (κ1) is 14.5. The molecule has 106 valence electrons. The van der Waals surface area contributed by atoms with E-state index in [4.69, 9.17) is 10.5 Å². The van der Waals surface area contributed by atoms with Crippen molar-refractivity contribution in [1.29, 1.82) is 0 Å². The van der Waals surface area contributed by atoms with Crippen molar-refractivity contribution in [2.24, 2.45) is 5.73 Å². The van der Waals surface area contributed by atoms with E-state index < -0.39 is 0 Å². The molecule has 1 aliphatic heterocycles. The summed E-state index contributed by atoms with van der Waals surface area (Å²) in [5, 5.41) is 0. The van der Waals surface area contributed by atoms with Crippen LogP contribution in [0.15, 0.2) is 10.7 Å². The lowest BCUT2D eigenvalue weighted by atomic mass is 10.4. The first-order valence-electron chi connectivity index (χ1n) is 6.48. The number of halogens is 1. The van der Waals surface area contributed by atoms with Crippen LogP contribution < -0.4 is 15.4 Å². The van der Waals surface area contributed by atoms with Gasteiger partial charge in [0.25, 0.3) is 0 Å². The Bertz CT molecular complexity index is 417. The van der Waals surface area contributed by atoms with Crippen molar-refractivity contribution in [1.82, 2.24) is 14.9 Å². The van der Waals surface area contributed by atoms with Gasteiger partial charge in [-0.3, -0.25) is 0 Å². The standard InChI is InChI=1S/C12H20BrN5O/c1-19-11-10(13)9-15-12(16-11)18-5-2-4-17(6-3-14)7-8-18/h9H,2-8,14H2,1H3. The van der Waals surface area contributed by atoms with Crippen LogP contribution in [-0.2, 0) is 0 Å². The fourth-order valence-corrected chi connectivity index (χ4v) is 2.57. The van der Waals surface area contributed by atoms with Gasteiger partial charge in [-0.2, -0.15) is 4.98 Å². The summed E-state index contributed by atoms with van der Waals surface area (Å²) in [6, 6.07) is 0. The molecule has 0 spiro atoms. The third-order valence-corrected chi connectivity index (χ3v) is 3.75. The zero-order chi connectivity index (χ0) is 13.7. The molecule has 0 amide bonds. The quantitative estimate of drug-likeness (QED) is 0.877. The molecule has 0 aromatic carbocycles. The van der Waals surface area contributed by atoms with Crippen molar-refractivity contribution in [2.75, 3.05) is 51.3 Å². The summed E-state index contributed by atoms with van der Waals surface area (Å²) in [6.07, 6.45) is 2.84. The summed E-state index contributed by atoms with van der Waals surface area (Å²) in [5.74, 6) is 1.31. The lowest BCUT2D eigenvalue weighted by Gasteiger charge is -2.21. The smallest absolute Gasteiger partial charge is 0.232 e. The third-order valence-electron chi connectivity index (χ3n) is 3.21. The van der Waals surface area contributed by atoms with Gasteiger partial charge in [0.15, 0.2) is 0 Å². The molecule has 0 bridgehead atoms. The predicted molar refractivity (Wildman–Crippen MR) is 78.6 cm³/mol. The summed E-state index contributed by atoms with van der Waals surface area (Å²) in [4.78, 5) is 13.4. The Morgan fingerprint density at radius 3 is 2.95 bits per heavy atom. The van der Waals surface area contributed by atoms with Crippen LogP contribution in [0.25, 0.3) is 0 Å². The molecule has 1 fully saturated rings. The van der Waals surface area contributed by atoms with E-state index >= 15 is 0 Å². The van der Waals surface area contributed by atoms with Crippen molar-refractivity contribution in [3.63, 3.8) is 0 Å². The number of ether oxygens (including phenoxy) is 1. The molecule has 0 atom stereocenters. The highest BCUT2D eigenvalue weighted by Gasteiger charge is 2.17. The topological polar surface area (TPSA) is 67.5 Å². The summed E-state index contributed by atoms with van der Waals surface area (Å²) >= 11 is 3.37. The van der Waals surface area contributed by atoms with Gasteiger partial charge in [0.2, 0.25) is 11.8 Å². The monoisotopic (exact) mass is 329 g/mol. The second-order valence-electron chi connectivity index (χ2n) is 4.50. The van der Waals surface area contributed by atoms with Crippen LogP contribution in [0.2, 0.25) is 0 Å². The zero-order valence-corrected chi connectivity index (χ0v) is 12.8. The van der Waals surface area contributed by atoms with Crippen LogP contribution in [0.4, 0.5) is 5.95 Å². The summed E-state index contributed by atoms with van der Waals surface area (Å²) < 4.78 is 5.99. The van der Waals surface area contributed by atoms with E-state index in [2.05, 4.69) is 35.7 Å². The molecule has 7 heteroatoms. The van der Waals surface area contributed by atoms with Crippen molar-refractivity contribution >= 4 is 21.9 Å². The Hall–Kier alpha value is -0.920. The molecule has 0 unspecified atom stereocenters. The minimum Gasteiger partial charge on any atom is -0.480 e. The molecule has 2 N–H and O–H groups in total. The van der Waals surface area contributed by atoms with E-state index in [0.29, 0.717) is 12.4 Å². The summed E-state index contributed by atoms with van der Waals surface area (Å²) in [5.41, 5.74) is 5.61. The van der Waals surface area contributed by atoms with E-state index in [-0.39, 0.29) is 0 Å². The number of nitrogens with zero attached hydrogens (tertiary/aromatic N) is 4. The van der Waals surface area contributed by atoms with Crippen LogP contribution in [0.5, 0.6) is 5.88 Å². The Kier molecular flexibility index (Phi) is 5.35. The highest BCUT2D eigenvalue weighted by molar-refractivity contribution is 9.10. The lowest BCUT2D eigenvalue weighted by molar-refractivity contribution is 0.302. The SMILES string of the molecule is COc1nc(N2CCCN(CCN)CC2)ncc1Br. The molecule has 2 rings (SSSR count). The van der Waals surface area contributed by atoms with E-state index in [1.54, 1.807) is 13.3 Å². The van der Waals surface area contributed by atoms with Crippen molar-refractivity contribution < 1.29 is 4.74 Å². The minimum absolute atomic E-state index is 0.577. The number of aromatic nitrogens is 2. The average Bonchev–Trinajstić information content (AvgIpc) is 2.66. The molecule has 0 saturated carbocycles. The van der Waals surface area contributed by atoms with E-state index in [9.17, 15) is 0 Å². The molecule has 1 saturated heterocycles. The van der Waals surface area contributed by atoms with Crippen LogP contribution in [-0.4, -0.2) is 61.2 Å². The van der Waals surface area contributed by atoms with Gasteiger partial charge in [-0.05, 0) is 28.9 Å². The molecule has 2 heterocycles. The fourth-order valence-electron chi connectivity index (χ4n) is 2.22.